The monoisotopic (exact) mass is 283 g/mol. The quantitative estimate of drug-likeness (QED) is 0.920. The molecular weight excluding hydrogens is 266 g/mol. The Bertz CT molecular complexity index is 453. The third-order valence-corrected chi connectivity index (χ3v) is 3.21. The number of rotatable bonds is 4. The van der Waals surface area contributed by atoms with Gasteiger partial charge in [0.1, 0.15) is 5.75 Å². The Kier molecular flexibility index (Phi) is 5.66. The Labute approximate surface area is 118 Å². The van der Waals surface area contributed by atoms with Crippen molar-refractivity contribution in [3.63, 3.8) is 0 Å². The SMILES string of the molecule is CC(C)Oc1ccc([C@H](N)c2ccsc2)cc1.Cl. The van der Waals surface area contributed by atoms with Crippen molar-refractivity contribution in [2.24, 2.45) is 5.73 Å². The Balaban J connectivity index is 0.00000162. The standard InChI is InChI=1S/C14H17NOS.ClH/c1-10(2)16-13-5-3-11(4-6-13)14(15)12-7-8-17-9-12;/h3-10,14H,15H2,1-2H3;1H/t14-;/m0./s1. The van der Waals surface area contributed by atoms with Crippen LogP contribution in [0.4, 0.5) is 0 Å². The average Bonchev–Trinajstić information content (AvgIpc) is 2.82. The minimum absolute atomic E-state index is 0. The summed E-state index contributed by atoms with van der Waals surface area (Å²) < 4.78 is 5.60. The molecule has 1 aromatic carbocycles. The Hall–Kier alpha value is -1.03. The highest BCUT2D eigenvalue weighted by atomic mass is 35.5. The number of nitrogens with two attached hydrogens (primary N) is 1. The van der Waals surface area contributed by atoms with Crippen molar-refractivity contribution in [1.29, 1.82) is 0 Å². The molecule has 0 aliphatic rings. The Morgan fingerprint density at radius 3 is 2.22 bits per heavy atom. The van der Waals surface area contributed by atoms with E-state index in [0.717, 1.165) is 16.9 Å². The van der Waals surface area contributed by atoms with Crippen molar-refractivity contribution in [1.82, 2.24) is 0 Å². The van der Waals surface area contributed by atoms with E-state index in [4.69, 9.17) is 10.5 Å². The lowest BCUT2D eigenvalue weighted by Crippen LogP contribution is -2.11. The molecule has 1 aromatic heterocycles. The second-order valence-electron chi connectivity index (χ2n) is 4.27. The van der Waals surface area contributed by atoms with Crippen molar-refractivity contribution in [2.75, 3.05) is 0 Å². The molecule has 18 heavy (non-hydrogen) atoms. The van der Waals surface area contributed by atoms with Crippen LogP contribution < -0.4 is 10.5 Å². The van der Waals surface area contributed by atoms with Gasteiger partial charge < -0.3 is 10.5 Å². The van der Waals surface area contributed by atoms with E-state index in [-0.39, 0.29) is 24.6 Å². The van der Waals surface area contributed by atoms with E-state index in [9.17, 15) is 0 Å². The van der Waals surface area contributed by atoms with Crippen LogP contribution >= 0.6 is 23.7 Å². The molecule has 0 amide bonds. The van der Waals surface area contributed by atoms with Crippen LogP contribution in [0.15, 0.2) is 41.1 Å². The zero-order valence-corrected chi connectivity index (χ0v) is 12.1. The molecule has 1 atom stereocenters. The molecule has 0 saturated heterocycles. The molecule has 0 saturated carbocycles. The van der Waals surface area contributed by atoms with Gasteiger partial charge in [-0.25, -0.2) is 0 Å². The largest absolute Gasteiger partial charge is 0.491 e. The maximum atomic E-state index is 6.18. The van der Waals surface area contributed by atoms with Gasteiger partial charge >= 0.3 is 0 Å². The normalized spacial score (nSPS) is 12.0. The predicted octanol–water partition coefficient (Wildman–Crippen LogP) is 4.01. The van der Waals surface area contributed by atoms with Crippen molar-refractivity contribution < 1.29 is 4.74 Å². The van der Waals surface area contributed by atoms with Gasteiger partial charge in [-0.2, -0.15) is 11.3 Å². The fourth-order valence-electron chi connectivity index (χ4n) is 1.67. The molecule has 0 unspecified atom stereocenters. The zero-order valence-electron chi connectivity index (χ0n) is 10.5. The number of thiophene rings is 1. The number of hydrogen-bond donors (Lipinski definition) is 1. The van der Waals surface area contributed by atoms with E-state index >= 15 is 0 Å². The maximum absolute atomic E-state index is 6.18. The lowest BCUT2D eigenvalue weighted by atomic mass is 10.0. The van der Waals surface area contributed by atoms with Crippen LogP contribution in [0.2, 0.25) is 0 Å². The summed E-state index contributed by atoms with van der Waals surface area (Å²) in [4.78, 5) is 0. The second kappa shape index (κ2) is 6.78. The van der Waals surface area contributed by atoms with Crippen LogP contribution in [0, 0.1) is 0 Å². The molecule has 0 aliphatic carbocycles. The molecule has 2 N–H and O–H groups in total. The fraction of sp³-hybridized carbons (Fsp3) is 0.286. The van der Waals surface area contributed by atoms with E-state index in [0.29, 0.717) is 0 Å². The van der Waals surface area contributed by atoms with Gasteiger partial charge in [0.05, 0.1) is 12.1 Å². The molecule has 0 bridgehead atoms. The smallest absolute Gasteiger partial charge is 0.119 e. The summed E-state index contributed by atoms with van der Waals surface area (Å²) in [6, 6.07) is 10.0. The van der Waals surface area contributed by atoms with Gasteiger partial charge in [0.2, 0.25) is 0 Å². The third-order valence-electron chi connectivity index (χ3n) is 2.51. The first-order valence-electron chi connectivity index (χ1n) is 5.71. The van der Waals surface area contributed by atoms with Crippen LogP contribution in [0.25, 0.3) is 0 Å². The molecule has 98 valence electrons. The van der Waals surface area contributed by atoms with Gasteiger partial charge in [-0.15, -0.1) is 12.4 Å². The third kappa shape index (κ3) is 3.73. The van der Waals surface area contributed by atoms with Crippen LogP contribution in [0.3, 0.4) is 0 Å². The van der Waals surface area contributed by atoms with Crippen LogP contribution in [-0.4, -0.2) is 6.10 Å². The highest BCUT2D eigenvalue weighted by Gasteiger charge is 2.09. The summed E-state index contributed by atoms with van der Waals surface area (Å²) in [5.41, 5.74) is 8.45. The summed E-state index contributed by atoms with van der Waals surface area (Å²) in [5, 5.41) is 4.13. The first-order valence-corrected chi connectivity index (χ1v) is 6.65. The number of ether oxygens (including phenoxy) is 1. The van der Waals surface area contributed by atoms with E-state index in [2.05, 4.69) is 11.4 Å². The van der Waals surface area contributed by atoms with E-state index in [1.807, 2.05) is 43.5 Å². The minimum atomic E-state index is -0.0469. The van der Waals surface area contributed by atoms with Crippen LogP contribution in [0.5, 0.6) is 5.75 Å². The highest BCUT2D eigenvalue weighted by Crippen LogP contribution is 2.23. The molecular formula is C14H18ClNOS. The van der Waals surface area contributed by atoms with Crippen LogP contribution in [-0.2, 0) is 0 Å². The molecule has 0 radical (unpaired) electrons. The van der Waals surface area contributed by atoms with Crippen molar-refractivity contribution >= 4 is 23.7 Å². The molecule has 2 rings (SSSR count). The molecule has 1 heterocycles. The predicted molar refractivity (Wildman–Crippen MR) is 79.8 cm³/mol. The van der Waals surface area contributed by atoms with Gasteiger partial charge in [-0.1, -0.05) is 12.1 Å². The first-order chi connectivity index (χ1) is 8.16. The van der Waals surface area contributed by atoms with Crippen molar-refractivity contribution in [2.45, 2.75) is 26.0 Å². The van der Waals surface area contributed by atoms with E-state index < -0.39 is 0 Å². The van der Waals surface area contributed by atoms with E-state index in [1.165, 1.54) is 0 Å². The molecule has 0 spiro atoms. The summed E-state index contributed by atoms with van der Waals surface area (Å²) in [6.45, 7) is 4.04. The number of halogens is 1. The summed E-state index contributed by atoms with van der Waals surface area (Å²) in [7, 11) is 0. The van der Waals surface area contributed by atoms with Gasteiger partial charge in [0.25, 0.3) is 0 Å². The van der Waals surface area contributed by atoms with Crippen LogP contribution in [0.1, 0.15) is 31.0 Å². The summed E-state index contributed by atoms with van der Waals surface area (Å²) >= 11 is 1.67. The molecule has 2 aromatic rings. The molecule has 0 fully saturated rings. The Morgan fingerprint density at radius 2 is 1.72 bits per heavy atom. The fourth-order valence-corrected chi connectivity index (χ4v) is 2.37. The average molecular weight is 284 g/mol. The van der Waals surface area contributed by atoms with Gasteiger partial charge in [-0.3, -0.25) is 0 Å². The van der Waals surface area contributed by atoms with Crippen molar-refractivity contribution in [3.8, 4) is 5.75 Å². The van der Waals surface area contributed by atoms with Crippen molar-refractivity contribution in [3.05, 3.63) is 52.2 Å². The molecule has 4 heteroatoms. The summed E-state index contributed by atoms with van der Waals surface area (Å²) in [6.07, 6.45) is 0.200. The molecule has 0 aliphatic heterocycles. The van der Waals surface area contributed by atoms with Gasteiger partial charge in [0, 0.05) is 0 Å². The highest BCUT2D eigenvalue weighted by molar-refractivity contribution is 7.08. The maximum Gasteiger partial charge on any atom is 0.119 e. The van der Waals surface area contributed by atoms with Gasteiger partial charge in [0.15, 0.2) is 0 Å². The van der Waals surface area contributed by atoms with Gasteiger partial charge in [-0.05, 0) is 53.9 Å². The lowest BCUT2D eigenvalue weighted by molar-refractivity contribution is 0.242. The minimum Gasteiger partial charge on any atom is -0.491 e. The molecule has 2 nitrogen and oxygen atoms in total. The number of benzene rings is 1. The first kappa shape index (κ1) is 15.0. The van der Waals surface area contributed by atoms with E-state index in [1.54, 1.807) is 11.3 Å². The Morgan fingerprint density at radius 1 is 1.06 bits per heavy atom. The number of hydrogen-bond acceptors (Lipinski definition) is 3. The lowest BCUT2D eigenvalue weighted by Gasteiger charge is -2.13. The summed E-state index contributed by atoms with van der Waals surface area (Å²) in [5.74, 6) is 0.890. The zero-order chi connectivity index (χ0) is 12.3. The second-order valence-corrected chi connectivity index (χ2v) is 5.05. The topological polar surface area (TPSA) is 35.2 Å².